The first-order valence-corrected chi connectivity index (χ1v) is 5.26. The molecule has 1 rings (SSSR count). The molecule has 0 aliphatic rings. The van der Waals surface area contributed by atoms with Gasteiger partial charge in [0.2, 0.25) is 0 Å². The average molecular weight is 235 g/mol. The average Bonchev–Trinajstić information content (AvgIpc) is 2.49. The smallest absolute Gasteiger partial charge is 0.380 e. The number of rotatable bonds is 5. The zero-order valence-corrected chi connectivity index (χ0v) is 9.38. The van der Waals surface area contributed by atoms with E-state index in [1.807, 2.05) is 6.92 Å². The Morgan fingerprint density at radius 2 is 2.19 bits per heavy atom. The van der Waals surface area contributed by atoms with Crippen molar-refractivity contribution in [2.24, 2.45) is 0 Å². The van der Waals surface area contributed by atoms with E-state index in [9.17, 15) is 13.2 Å². The van der Waals surface area contributed by atoms with Gasteiger partial charge in [0.05, 0.1) is 18.3 Å². The quantitative estimate of drug-likeness (QED) is 0.850. The van der Waals surface area contributed by atoms with Gasteiger partial charge in [-0.3, -0.25) is 4.68 Å². The van der Waals surface area contributed by atoms with E-state index in [-0.39, 0.29) is 0 Å². The van der Waals surface area contributed by atoms with Gasteiger partial charge in [-0.05, 0) is 13.3 Å². The van der Waals surface area contributed by atoms with Crippen molar-refractivity contribution in [3.05, 3.63) is 12.4 Å². The largest absolute Gasteiger partial charge is 0.391 e. The maximum absolute atomic E-state index is 12.1. The molecule has 0 radical (unpaired) electrons. The summed E-state index contributed by atoms with van der Waals surface area (Å²) >= 11 is 0. The van der Waals surface area contributed by atoms with Crippen LogP contribution in [0.15, 0.2) is 12.4 Å². The lowest BCUT2D eigenvalue weighted by Gasteiger charge is -2.15. The molecular weight excluding hydrogens is 219 g/mol. The number of nitrogens with one attached hydrogen (secondary N) is 1. The van der Waals surface area contributed by atoms with E-state index in [2.05, 4.69) is 10.4 Å². The predicted octanol–water partition coefficient (Wildman–Crippen LogP) is 3.05. The number of hydrogen-bond acceptors (Lipinski definition) is 2. The predicted molar refractivity (Wildman–Crippen MR) is 56.3 cm³/mol. The molecule has 6 heteroatoms. The molecule has 0 spiro atoms. The Morgan fingerprint density at radius 1 is 1.50 bits per heavy atom. The number of halogens is 3. The van der Waals surface area contributed by atoms with Crippen LogP contribution >= 0.6 is 0 Å². The van der Waals surface area contributed by atoms with Crippen LogP contribution < -0.4 is 5.32 Å². The van der Waals surface area contributed by atoms with E-state index in [4.69, 9.17) is 0 Å². The van der Waals surface area contributed by atoms with Gasteiger partial charge in [-0.15, -0.1) is 0 Å². The number of aryl methyl sites for hydroxylation is 1. The summed E-state index contributed by atoms with van der Waals surface area (Å²) in [5, 5.41) is 6.80. The first kappa shape index (κ1) is 12.9. The molecule has 0 fully saturated rings. The summed E-state index contributed by atoms with van der Waals surface area (Å²) in [7, 11) is 0. The Hall–Kier alpha value is -1.20. The molecule has 0 saturated carbocycles. The first-order valence-electron chi connectivity index (χ1n) is 5.26. The van der Waals surface area contributed by atoms with Crippen molar-refractivity contribution < 1.29 is 13.2 Å². The second kappa shape index (κ2) is 5.23. The molecule has 0 amide bonds. The van der Waals surface area contributed by atoms with Gasteiger partial charge < -0.3 is 5.32 Å². The van der Waals surface area contributed by atoms with Crippen LogP contribution in [0.4, 0.5) is 18.9 Å². The summed E-state index contributed by atoms with van der Waals surface area (Å²) in [6, 6.07) is -0.640. The van der Waals surface area contributed by atoms with E-state index in [0.717, 1.165) is 13.0 Å². The van der Waals surface area contributed by atoms with Crippen molar-refractivity contribution in [3.8, 4) is 0 Å². The van der Waals surface area contributed by atoms with Crippen molar-refractivity contribution in [3.63, 3.8) is 0 Å². The van der Waals surface area contributed by atoms with E-state index in [1.54, 1.807) is 17.1 Å². The van der Waals surface area contributed by atoms with Crippen molar-refractivity contribution in [2.75, 3.05) is 5.32 Å². The Bertz CT molecular complexity index is 319. The summed E-state index contributed by atoms with van der Waals surface area (Å²) in [6.07, 6.45) is -0.768. The van der Waals surface area contributed by atoms with Gasteiger partial charge in [-0.25, -0.2) is 0 Å². The molecule has 92 valence electrons. The van der Waals surface area contributed by atoms with Gasteiger partial charge in [0.1, 0.15) is 0 Å². The second-order valence-corrected chi connectivity index (χ2v) is 3.86. The van der Waals surface area contributed by atoms with E-state index in [0.29, 0.717) is 5.69 Å². The van der Waals surface area contributed by atoms with E-state index >= 15 is 0 Å². The zero-order chi connectivity index (χ0) is 12.2. The molecule has 0 aromatic carbocycles. The molecule has 1 atom stereocenters. The highest BCUT2D eigenvalue weighted by atomic mass is 19.4. The van der Waals surface area contributed by atoms with Crippen LogP contribution in [-0.2, 0) is 6.54 Å². The summed E-state index contributed by atoms with van der Waals surface area (Å²) < 4.78 is 37.9. The van der Waals surface area contributed by atoms with E-state index in [1.165, 1.54) is 6.92 Å². The Kier molecular flexibility index (Phi) is 4.20. The Labute approximate surface area is 92.6 Å². The van der Waals surface area contributed by atoms with Gasteiger partial charge >= 0.3 is 6.18 Å². The number of alkyl halides is 3. The molecule has 1 N–H and O–H groups in total. The van der Waals surface area contributed by atoms with Gasteiger partial charge in [0.15, 0.2) is 0 Å². The molecule has 0 aliphatic carbocycles. The van der Waals surface area contributed by atoms with Crippen LogP contribution in [0.3, 0.4) is 0 Å². The van der Waals surface area contributed by atoms with Crippen LogP contribution in [0, 0.1) is 0 Å². The van der Waals surface area contributed by atoms with Crippen molar-refractivity contribution in [1.82, 2.24) is 9.78 Å². The van der Waals surface area contributed by atoms with Crippen LogP contribution in [0.5, 0.6) is 0 Å². The lowest BCUT2D eigenvalue weighted by atomic mass is 10.2. The summed E-state index contributed by atoms with van der Waals surface area (Å²) in [5.41, 5.74) is 0.630. The molecule has 3 nitrogen and oxygen atoms in total. The fraction of sp³-hybridized carbons (Fsp3) is 0.700. The van der Waals surface area contributed by atoms with Crippen LogP contribution in [0.2, 0.25) is 0 Å². The van der Waals surface area contributed by atoms with Gasteiger partial charge in [0.25, 0.3) is 0 Å². The number of nitrogens with zero attached hydrogens (tertiary/aromatic N) is 2. The maximum Gasteiger partial charge on any atom is 0.391 e. The van der Waals surface area contributed by atoms with Crippen molar-refractivity contribution >= 4 is 5.69 Å². The monoisotopic (exact) mass is 235 g/mol. The van der Waals surface area contributed by atoms with Crippen LogP contribution in [-0.4, -0.2) is 22.0 Å². The molecule has 1 aromatic heterocycles. The molecule has 0 bridgehead atoms. The number of aromatic nitrogens is 2. The van der Waals surface area contributed by atoms with Crippen LogP contribution in [0.25, 0.3) is 0 Å². The third kappa shape index (κ3) is 4.55. The fourth-order valence-electron chi connectivity index (χ4n) is 1.47. The molecule has 1 heterocycles. The fourth-order valence-corrected chi connectivity index (χ4v) is 1.47. The minimum absolute atomic E-state index is 0.630. The molecule has 0 saturated heterocycles. The molecule has 16 heavy (non-hydrogen) atoms. The lowest BCUT2D eigenvalue weighted by Crippen LogP contribution is -2.23. The highest BCUT2D eigenvalue weighted by Crippen LogP contribution is 2.23. The lowest BCUT2D eigenvalue weighted by molar-refractivity contribution is -0.136. The minimum atomic E-state index is -4.13. The third-order valence-corrected chi connectivity index (χ3v) is 2.04. The maximum atomic E-state index is 12.1. The number of hydrogen-bond donors (Lipinski definition) is 1. The Balaban J connectivity index is 2.46. The minimum Gasteiger partial charge on any atom is -0.380 e. The summed E-state index contributed by atoms with van der Waals surface area (Å²) in [6.45, 7) is 4.29. The van der Waals surface area contributed by atoms with Gasteiger partial charge in [-0.1, -0.05) is 6.92 Å². The standard InChI is InChI=1S/C10H16F3N3/c1-3-4-16-7-9(6-14-16)15-8(2)5-10(11,12)13/h6-8,15H,3-5H2,1-2H3/t8-/m0/s1. The van der Waals surface area contributed by atoms with Crippen LogP contribution in [0.1, 0.15) is 26.7 Å². The summed E-state index contributed by atoms with van der Waals surface area (Å²) in [4.78, 5) is 0. The Morgan fingerprint density at radius 3 is 2.75 bits per heavy atom. The van der Waals surface area contributed by atoms with Gasteiger partial charge in [0, 0.05) is 18.8 Å². The van der Waals surface area contributed by atoms with Crippen molar-refractivity contribution in [1.29, 1.82) is 0 Å². The normalized spacial score (nSPS) is 13.8. The highest BCUT2D eigenvalue weighted by molar-refractivity contribution is 5.39. The second-order valence-electron chi connectivity index (χ2n) is 3.86. The highest BCUT2D eigenvalue weighted by Gasteiger charge is 2.29. The first-order chi connectivity index (χ1) is 7.40. The molecular formula is C10H16F3N3. The molecule has 0 unspecified atom stereocenters. The third-order valence-electron chi connectivity index (χ3n) is 2.04. The molecule has 0 aliphatic heterocycles. The molecule has 1 aromatic rings. The van der Waals surface area contributed by atoms with Gasteiger partial charge in [-0.2, -0.15) is 18.3 Å². The van der Waals surface area contributed by atoms with Crippen molar-refractivity contribution in [2.45, 2.75) is 45.5 Å². The number of anilines is 1. The zero-order valence-electron chi connectivity index (χ0n) is 9.38. The van der Waals surface area contributed by atoms with E-state index < -0.39 is 18.6 Å². The topological polar surface area (TPSA) is 29.9 Å². The summed E-state index contributed by atoms with van der Waals surface area (Å²) in [5.74, 6) is 0. The SMILES string of the molecule is CCCn1cc(N[C@@H](C)CC(F)(F)F)cn1.